The van der Waals surface area contributed by atoms with Gasteiger partial charge in [0.15, 0.2) is 0 Å². The van der Waals surface area contributed by atoms with Crippen LogP contribution in [0.3, 0.4) is 0 Å². The van der Waals surface area contributed by atoms with Crippen LogP contribution in [-0.4, -0.2) is 13.4 Å². The van der Waals surface area contributed by atoms with Crippen LogP contribution in [0.1, 0.15) is 17.5 Å². The zero-order chi connectivity index (χ0) is 10.6. The molecule has 1 aromatic rings. The fourth-order valence-electron chi connectivity index (χ4n) is 1.49. The van der Waals surface area contributed by atoms with Crippen LogP contribution in [-0.2, 0) is 11.2 Å². The van der Waals surface area contributed by atoms with Gasteiger partial charge in [0.05, 0.1) is 7.11 Å². The molecule has 0 amide bonds. The fourth-order valence-corrected chi connectivity index (χ4v) is 1.79. The Labute approximate surface area is 88.8 Å². The molecule has 0 aromatic heterocycles. The lowest BCUT2D eigenvalue weighted by atomic mass is 10.1. The lowest BCUT2D eigenvalue weighted by Gasteiger charge is -2.10. The highest BCUT2D eigenvalue weighted by atomic mass is 35.5. The summed E-state index contributed by atoms with van der Waals surface area (Å²) in [6, 6.07) is 3.70. The molecule has 0 fully saturated rings. The predicted molar refractivity (Wildman–Crippen MR) is 57.1 cm³/mol. The number of carbonyl (C=O) groups excluding carboxylic acids is 1. The number of carbonyl (C=O) groups is 1. The standard InChI is InChI=1S/C11H13ClO2/c1-8-6-10(12)7-9(4-3-5-13)11(8)14-2/h5-7H,3-4H2,1-2H3. The van der Waals surface area contributed by atoms with Crippen molar-refractivity contribution in [2.75, 3.05) is 7.11 Å². The number of rotatable bonds is 4. The normalized spacial score (nSPS) is 9.93. The Morgan fingerprint density at radius 1 is 1.50 bits per heavy atom. The maximum atomic E-state index is 10.3. The summed E-state index contributed by atoms with van der Waals surface area (Å²) in [4.78, 5) is 10.3. The van der Waals surface area contributed by atoms with Gasteiger partial charge in [-0.05, 0) is 36.6 Å². The van der Waals surface area contributed by atoms with Crippen LogP contribution >= 0.6 is 11.6 Å². The van der Waals surface area contributed by atoms with E-state index in [-0.39, 0.29) is 0 Å². The molecule has 0 N–H and O–H groups in total. The van der Waals surface area contributed by atoms with Crippen LogP contribution in [0.4, 0.5) is 0 Å². The first-order valence-corrected chi connectivity index (χ1v) is 4.83. The summed E-state index contributed by atoms with van der Waals surface area (Å²) in [5, 5.41) is 0.684. The van der Waals surface area contributed by atoms with Crippen molar-refractivity contribution in [3.05, 3.63) is 28.3 Å². The summed E-state index contributed by atoms with van der Waals surface area (Å²) >= 11 is 5.91. The second kappa shape index (κ2) is 5.01. The van der Waals surface area contributed by atoms with Gasteiger partial charge in [-0.2, -0.15) is 0 Å². The van der Waals surface area contributed by atoms with Gasteiger partial charge in [-0.15, -0.1) is 0 Å². The number of aldehydes is 1. The molecule has 0 aliphatic heterocycles. The summed E-state index contributed by atoms with van der Waals surface area (Å²) < 4.78 is 5.25. The Hall–Kier alpha value is -1.02. The Morgan fingerprint density at radius 3 is 2.79 bits per heavy atom. The van der Waals surface area contributed by atoms with E-state index in [1.54, 1.807) is 7.11 Å². The van der Waals surface area contributed by atoms with E-state index in [9.17, 15) is 4.79 Å². The topological polar surface area (TPSA) is 26.3 Å². The molecule has 0 aliphatic rings. The summed E-state index contributed by atoms with van der Waals surface area (Å²) in [6.45, 7) is 1.94. The van der Waals surface area contributed by atoms with Gasteiger partial charge in [-0.1, -0.05) is 11.6 Å². The van der Waals surface area contributed by atoms with Crippen LogP contribution < -0.4 is 4.74 Å². The molecule has 0 atom stereocenters. The minimum absolute atomic E-state index is 0.496. The summed E-state index contributed by atoms with van der Waals surface area (Å²) in [7, 11) is 1.63. The fraction of sp³-hybridized carbons (Fsp3) is 0.364. The molecule has 1 rings (SSSR count). The number of hydrogen-bond donors (Lipinski definition) is 0. The second-order valence-electron chi connectivity index (χ2n) is 3.12. The smallest absolute Gasteiger partial charge is 0.125 e. The molecule has 0 saturated heterocycles. The van der Waals surface area contributed by atoms with E-state index in [4.69, 9.17) is 16.3 Å². The highest BCUT2D eigenvalue weighted by Gasteiger charge is 2.07. The first-order chi connectivity index (χ1) is 6.69. The summed E-state index contributed by atoms with van der Waals surface area (Å²) in [6.07, 6.45) is 2.07. The number of benzene rings is 1. The molecule has 3 heteroatoms. The maximum absolute atomic E-state index is 10.3. The van der Waals surface area contributed by atoms with Gasteiger partial charge in [-0.3, -0.25) is 0 Å². The van der Waals surface area contributed by atoms with Crippen LogP contribution in [0.5, 0.6) is 5.75 Å². The van der Waals surface area contributed by atoms with E-state index in [2.05, 4.69) is 0 Å². The zero-order valence-electron chi connectivity index (χ0n) is 8.34. The van der Waals surface area contributed by atoms with E-state index in [0.717, 1.165) is 23.2 Å². The van der Waals surface area contributed by atoms with Crippen LogP contribution in [0, 0.1) is 6.92 Å². The molecular formula is C11H13ClO2. The van der Waals surface area contributed by atoms with Crippen LogP contribution in [0.25, 0.3) is 0 Å². The quantitative estimate of drug-likeness (QED) is 0.718. The number of methoxy groups -OCH3 is 1. The summed E-state index contributed by atoms with van der Waals surface area (Å²) in [5.74, 6) is 0.830. The van der Waals surface area contributed by atoms with Gasteiger partial charge in [0.1, 0.15) is 12.0 Å². The predicted octanol–water partition coefficient (Wildman–Crippen LogP) is 2.79. The molecule has 0 saturated carbocycles. The molecule has 0 aliphatic carbocycles. The largest absolute Gasteiger partial charge is 0.496 e. The van der Waals surface area contributed by atoms with Crippen molar-refractivity contribution in [2.24, 2.45) is 0 Å². The molecule has 0 bridgehead atoms. The van der Waals surface area contributed by atoms with Gasteiger partial charge >= 0.3 is 0 Å². The van der Waals surface area contributed by atoms with Crippen LogP contribution in [0.15, 0.2) is 12.1 Å². The van der Waals surface area contributed by atoms with Crippen LogP contribution in [0.2, 0.25) is 5.02 Å². The number of aryl methyl sites for hydroxylation is 2. The van der Waals surface area contributed by atoms with Crippen molar-refractivity contribution < 1.29 is 9.53 Å². The van der Waals surface area contributed by atoms with Crippen molar-refractivity contribution in [1.82, 2.24) is 0 Å². The third-order valence-corrected chi connectivity index (χ3v) is 2.27. The molecular weight excluding hydrogens is 200 g/mol. The van der Waals surface area contributed by atoms with Gasteiger partial charge in [0.2, 0.25) is 0 Å². The lowest BCUT2D eigenvalue weighted by Crippen LogP contribution is -1.95. The molecule has 1 aromatic carbocycles. The zero-order valence-corrected chi connectivity index (χ0v) is 9.10. The first kappa shape index (κ1) is 11.1. The molecule has 76 valence electrons. The maximum Gasteiger partial charge on any atom is 0.125 e. The van der Waals surface area contributed by atoms with E-state index >= 15 is 0 Å². The van der Waals surface area contributed by atoms with Gasteiger partial charge in [-0.25, -0.2) is 0 Å². The number of ether oxygens (including phenoxy) is 1. The summed E-state index contributed by atoms with van der Waals surface area (Å²) in [5.41, 5.74) is 1.99. The van der Waals surface area contributed by atoms with Crippen molar-refractivity contribution in [2.45, 2.75) is 19.8 Å². The molecule has 0 radical (unpaired) electrons. The number of hydrogen-bond acceptors (Lipinski definition) is 2. The third kappa shape index (κ3) is 2.48. The highest BCUT2D eigenvalue weighted by molar-refractivity contribution is 6.30. The average Bonchev–Trinajstić information content (AvgIpc) is 2.14. The molecule has 0 unspecified atom stereocenters. The minimum Gasteiger partial charge on any atom is -0.496 e. The molecule has 0 heterocycles. The van der Waals surface area contributed by atoms with Crippen molar-refractivity contribution >= 4 is 17.9 Å². The molecule has 0 spiro atoms. The lowest BCUT2D eigenvalue weighted by molar-refractivity contribution is -0.107. The van der Waals surface area contributed by atoms with Crippen molar-refractivity contribution in [3.8, 4) is 5.75 Å². The Bertz CT molecular complexity index is 334. The van der Waals surface area contributed by atoms with Gasteiger partial charge < -0.3 is 9.53 Å². The van der Waals surface area contributed by atoms with Crippen molar-refractivity contribution in [1.29, 1.82) is 0 Å². The van der Waals surface area contributed by atoms with Gasteiger partial charge in [0.25, 0.3) is 0 Å². The average molecular weight is 213 g/mol. The van der Waals surface area contributed by atoms with Gasteiger partial charge in [0, 0.05) is 11.4 Å². The van der Waals surface area contributed by atoms with E-state index in [1.165, 1.54) is 0 Å². The Morgan fingerprint density at radius 2 is 2.21 bits per heavy atom. The first-order valence-electron chi connectivity index (χ1n) is 4.45. The second-order valence-corrected chi connectivity index (χ2v) is 3.56. The van der Waals surface area contributed by atoms with E-state index in [1.807, 2.05) is 19.1 Å². The van der Waals surface area contributed by atoms with Crippen molar-refractivity contribution in [3.63, 3.8) is 0 Å². The minimum atomic E-state index is 0.496. The van der Waals surface area contributed by atoms with E-state index < -0.39 is 0 Å². The molecule has 2 nitrogen and oxygen atoms in total. The highest BCUT2D eigenvalue weighted by Crippen LogP contribution is 2.28. The monoisotopic (exact) mass is 212 g/mol. The SMILES string of the molecule is COc1c(C)cc(Cl)cc1CCC=O. The molecule has 14 heavy (non-hydrogen) atoms. The Balaban J connectivity index is 3.04. The van der Waals surface area contributed by atoms with E-state index in [0.29, 0.717) is 17.9 Å². The third-order valence-electron chi connectivity index (χ3n) is 2.05. The Kier molecular flexibility index (Phi) is 3.96. The number of halogens is 1.